The number of carbonyl (C=O) groups is 1. The molecular formula is C12H18N2O3S. The van der Waals surface area contributed by atoms with Gasteiger partial charge >= 0.3 is 5.97 Å². The Hall–Kier alpha value is -1.14. The number of aromatic nitrogens is 1. The first-order valence-corrected chi connectivity index (χ1v) is 6.78. The molecule has 0 aliphatic carbocycles. The molecule has 2 unspecified atom stereocenters. The summed E-state index contributed by atoms with van der Waals surface area (Å²) in [6, 6.07) is 0.275. The number of aryl methyl sites for hydroxylation is 1. The normalized spacial score (nSPS) is 24.1. The van der Waals surface area contributed by atoms with Crippen LogP contribution in [-0.4, -0.2) is 43.4 Å². The monoisotopic (exact) mass is 270 g/mol. The largest absolute Gasteiger partial charge is 0.464 e. The first-order chi connectivity index (χ1) is 8.52. The van der Waals surface area contributed by atoms with Gasteiger partial charge in [-0.1, -0.05) is 0 Å². The molecule has 1 saturated heterocycles. The summed E-state index contributed by atoms with van der Waals surface area (Å²) in [7, 11) is 1.38. The summed E-state index contributed by atoms with van der Waals surface area (Å²) in [5, 5.41) is 0.871. The number of morpholine rings is 1. The van der Waals surface area contributed by atoms with Crippen LogP contribution in [0.25, 0.3) is 0 Å². The molecule has 0 saturated carbocycles. The smallest absolute Gasteiger partial charge is 0.357 e. The van der Waals surface area contributed by atoms with E-state index in [9.17, 15) is 4.79 Å². The Labute approximate surface area is 111 Å². The highest BCUT2D eigenvalue weighted by Gasteiger charge is 2.27. The minimum Gasteiger partial charge on any atom is -0.464 e. The molecule has 1 aromatic heterocycles. The van der Waals surface area contributed by atoms with Crippen molar-refractivity contribution in [1.82, 2.24) is 4.98 Å². The minimum atomic E-state index is -0.371. The average Bonchev–Trinajstić information content (AvgIpc) is 2.73. The Balaban J connectivity index is 2.25. The van der Waals surface area contributed by atoms with E-state index in [4.69, 9.17) is 9.47 Å². The third-order valence-electron chi connectivity index (χ3n) is 3.02. The average molecular weight is 270 g/mol. The lowest BCUT2D eigenvalue weighted by molar-refractivity contribution is 0.0343. The molecule has 1 aliphatic rings. The molecule has 2 atom stereocenters. The number of anilines is 1. The van der Waals surface area contributed by atoms with E-state index in [2.05, 4.69) is 16.8 Å². The highest BCUT2D eigenvalue weighted by atomic mass is 32.1. The SMILES string of the molecule is COC(=O)c1nc(N2CC(C)OCC2C)sc1C. The Kier molecular flexibility index (Phi) is 3.87. The van der Waals surface area contributed by atoms with Gasteiger partial charge in [0.05, 0.1) is 25.9 Å². The van der Waals surface area contributed by atoms with Crippen molar-refractivity contribution < 1.29 is 14.3 Å². The molecule has 0 spiro atoms. The molecular weight excluding hydrogens is 252 g/mol. The molecule has 1 aliphatic heterocycles. The number of hydrogen-bond donors (Lipinski definition) is 0. The second kappa shape index (κ2) is 5.24. The van der Waals surface area contributed by atoms with Crippen molar-refractivity contribution >= 4 is 22.4 Å². The molecule has 0 radical (unpaired) electrons. The van der Waals surface area contributed by atoms with E-state index in [1.54, 1.807) is 0 Å². The Morgan fingerprint density at radius 2 is 2.28 bits per heavy atom. The molecule has 100 valence electrons. The van der Waals surface area contributed by atoms with Gasteiger partial charge in [0.25, 0.3) is 0 Å². The maximum absolute atomic E-state index is 11.6. The van der Waals surface area contributed by atoms with Crippen molar-refractivity contribution in [2.24, 2.45) is 0 Å². The first kappa shape index (κ1) is 13.3. The molecule has 6 heteroatoms. The van der Waals surface area contributed by atoms with Gasteiger partial charge in [-0.15, -0.1) is 11.3 Å². The van der Waals surface area contributed by atoms with Crippen LogP contribution in [0, 0.1) is 6.92 Å². The molecule has 5 nitrogen and oxygen atoms in total. The highest BCUT2D eigenvalue weighted by Crippen LogP contribution is 2.29. The van der Waals surface area contributed by atoms with Crippen LogP contribution in [0.1, 0.15) is 29.2 Å². The van der Waals surface area contributed by atoms with Crippen LogP contribution in [0.15, 0.2) is 0 Å². The molecule has 2 heterocycles. The summed E-state index contributed by atoms with van der Waals surface area (Å²) in [5.74, 6) is -0.371. The molecule has 1 fully saturated rings. The van der Waals surface area contributed by atoms with Gasteiger partial charge in [-0.25, -0.2) is 9.78 Å². The van der Waals surface area contributed by atoms with Gasteiger partial charge in [0.2, 0.25) is 0 Å². The topological polar surface area (TPSA) is 51.7 Å². The zero-order valence-corrected chi connectivity index (χ0v) is 11.9. The molecule has 0 aromatic carbocycles. The number of nitrogens with zero attached hydrogens (tertiary/aromatic N) is 2. The van der Waals surface area contributed by atoms with Crippen molar-refractivity contribution in [1.29, 1.82) is 0 Å². The number of ether oxygens (including phenoxy) is 2. The third-order valence-corrected chi connectivity index (χ3v) is 4.03. The summed E-state index contributed by atoms with van der Waals surface area (Å²) in [6.07, 6.45) is 0.187. The Morgan fingerprint density at radius 1 is 1.56 bits per heavy atom. The van der Waals surface area contributed by atoms with E-state index in [-0.39, 0.29) is 18.1 Å². The predicted molar refractivity (Wildman–Crippen MR) is 70.4 cm³/mol. The fourth-order valence-electron chi connectivity index (χ4n) is 1.96. The predicted octanol–water partition coefficient (Wildman–Crippen LogP) is 1.85. The van der Waals surface area contributed by atoms with Gasteiger partial charge in [0.15, 0.2) is 10.8 Å². The van der Waals surface area contributed by atoms with E-state index >= 15 is 0 Å². The standard InChI is InChI=1S/C12H18N2O3S/c1-7-6-17-8(2)5-14(7)12-13-10(9(3)18-12)11(15)16-4/h7-8H,5-6H2,1-4H3. The van der Waals surface area contributed by atoms with Gasteiger partial charge in [-0.2, -0.15) is 0 Å². The molecule has 0 bridgehead atoms. The van der Waals surface area contributed by atoms with Gasteiger partial charge in [0.1, 0.15) is 0 Å². The zero-order chi connectivity index (χ0) is 13.3. The van der Waals surface area contributed by atoms with E-state index in [1.807, 2.05) is 13.8 Å². The Morgan fingerprint density at radius 3 is 2.94 bits per heavy atom. The summed E-state index contributed by atoms with van der Waals surface area (Å²) in [5.41, 5.74) is 0.420. The lowest BCUT2D eigenvalue weighted by Gasteiger charge is -2.36. The number of methoxy groups -OCH3 is 1. The van der Waals surface area contributed by atoms with Crippen LogP contribution in [0.2, 0.25) is 0 Å². The summed E-state index contributed by atoms with van der Waals surface area (Å²) >= 11 is 1.53. The van der Waals surface area contributed by atoms with E-state index in [0.717, 1.165) is 16.6 Å². The zero-order valence-electron chi connectivity index (χ0n) is 11.1. The fourth-order valence-corrected chi connectivity index (χ4v) is 2.97. The fraction of sp³-hybridized carbons (Fsp3) is 0.667. The Bertz CT molecular complexity index is 447. The number of carbonyl (C=O) groups excluding carboxylic acids is 1. The van der Waals surface area contributed by atoms with Crippen molar-refractivity contribution in [2.45, 2.75) is 32.9 Å². The minimum absolute atomic E-state index is 0.187. The number of rotatable bonds is 2. The van der Waals surface area contributed by atoms with Gasteiger partial charge in [-0.3, -0.25) is 0 Å². The molecule has 18 heavy (non-hydrogen) atoms. The molecule has 2 rings (SSSR count). The van der Waals surface area contributed by atoms with Gasteiger partial charge < -0.3 is 14.4 Å². The van der Waals surface area contributed by atoms with Crippen LogP contribution < -0.4 is 4.90 Å². The van der Waals surface area contributed by atoms with Crippen LogP contribution >= 0.6 is 11.3 Å². The van der Waals surface area contributed by atoms with Crippen molar-refractivity contribution in [2.75, 3.05) is 25.2 Å². The van der Waals surface area contributed by atoms with E-state index < -0.39 is 0 Å². The molecule has 0 amide bonds. The lowest BCUT2D eigenvalue weighted by atomic mass is 10.2. The van der Waals surface area contributed by atoms with E-state index in [0.29, 0.717) is 12.3 Å². The summed E-state index contributed by atoms with van der Waals surface area (Å²) in [6.45, 7) is 7.52. The number of hydrogen-bond acceptors (Lipinski definition) is 6. The highest BCUT2D eigenvalue weighted by molar-refractivity contribution is 7.15. The van der Waals surface area contributed by atoms with Crippen LogP contribution in [0.5, 0.6) is 0 Å². The number of thiazole rings is 1. The maximum atomic E-state index is 11.6. The molecule has 0 N–H and O–H groups in total. The first-order valence-electron chi connectivity index (χ1n) is 5.97. The summed E-state index contributed by atoms with van der Waals surface area (Å²) < 4.78 is 10.3. The van der Waals surface area contributed by atoms with Crippen LogP contribution in [-0.2, 0) is 9.47 Å². The van der Waals surface area contributed by atoms with Crippen molar-refractivity contribution in [3.63, 3.8) is 0 Å². The van der Waals surface area contributed by atoms with Crippen molar-refractivity contribution in [3.8, 4) is 0 Å². The quantitative estimate of drug-likeness (QED) is 0.768. The van der Waals surface area contributed by atoms with Crippen molar-refractivity contribution in [3.05, 3.63) is 10.6 Å². The second-order valence-electron chi connectivity index (χ2n) is 4.54. The lowest BCUT2D eigenvalue weighted by Crippen LogP contribution is -2.47. The maximum Gasteiger partial charge on any atom is 0.357 e. The molecule has 1 aromatic rings. The van der Waals surface area contributed by atoms with Crippen LogP contribution in [0.4, 0.5) is 5.13 Å². The van der Waals surface area contributed by atoms with Gasteiger partial charge in [0, 0.05) is 11.4 Å². The second-order valence-corrected chi connectivity index (χ2v) is 5.72. The van der Waals surface area contributed by atoms with Gasteiger partial charge in [-0.05, 0) is 20.8 Å². The summed E-state index contributed by atoms with van der Waals surface area (Å²) in [4.78, 5) is 19.0. The third kappa shape index (κ3) is 2.49. The van der Waals surface area contributed by atoms with Crippen LogP contribution in [0.3, 0.4) is 0 Å². The van der Waals surface area contributed by atoms with E-state index in [1.165, 1.54) is 18.4 Å². The number of esters is 1.